The van der Waals surface area contributed by atoms with E-state index in [2.05, 4.69) is 13.8 Å². The number of carbonyl (C=O) groups is 2. The Balaban J connectivity index is 1.69. The number of ketones is 2. The standard InChI is InChI=1S/C20H28O3/c1-11(21)18-17(23)9-16-14-5-4-12-8-13(22)10-20(12,3)15(14)6-7-19(16,18)2/h8,14-18,23H,4-7,9-10H2,1-3H3. The summed E-state index contributed by atoms with van der Waals surface area (Å²) in [6.45, 7) is 6.17. The summed E-state index contributed by atoms with van der Waals surface area (Å²) < 4.78 is 0. The maximum atomic E-state index is 12.2. The minimum absolute atomic E-state index is 0.0423. The van der Waals surface area contributed by atoms with Crippen molar-refractivity contribution in [3.05, 3.63) is 11.6 Å². The number of aliphatic hydroxyl groups is 1. The van der Waals surface area contributed by atoms with E-state index in [4.69, 9.17) is 0 Å². The van der Waals surface area contributed by atoms with Crippen LogP contribution in [0.1, 0.15) is 59.3 Å². The average molecular weight is 316 g/mol. The predicted octanol–water partition coefficient (Wildman–Crippen LogP) is 3.30. The molecule has 23 heavy (non-hydrogen) atoms. The maximum absolute atomic E-state index is 12.2. The van der Waals surface area contributed by atoms with E-state index in [1.54, 1.807) is 6.92 Å². The third kappa shape index (κ3) is 1.92. The van der Waals surface area contributed by atoms with Crippen LogP contribution in [0.25, 0.3) is 0 Å². The van der Waals surface area contributed by atoms with Crippen molar-refractivity contribution in [2.75, 3.05) is 0 Å². The molecule has 3 fully saturated rings. The topological polar surface area (TPSA) is 54.4 Å². The number of hydrogen-bond donors (Lipinski definition) is 1. The molecule has 0 aliphatic heterocycles. The highest BCUT2D eigenvalue weighted by Gasteiger charge is 2.62. The van der Waals surface area contributed by atoms with Gasteiger partial charge in [0.2, 0.25) is 0 Å². The Morgan fingerprint density at radius 2 is 2.00 bits per heavy atom. The Morgan fingerprint density at radius 1 is 1.26 bits per heavy atom. The van der Waals surface area contributed by atoms with Gasteiger partial charge in [0, 0.05) is 12.3 Å². The first-order valence-corrected chi connectivity index (χ1v) is 9.20. The van der Waals surface area contributed by atoms with Crippen LogP contribution in [0.5, 0.6) is 0 Å². The van der Waals surface area contributed by atoms with Gasteiger partial charge in [0.25, 0.3) is 0 Å². The molecule has 0 aromatic heterocycles. The zero-order chi connectivity index (χ0) is 16.6. The molecule has 0 spiro atoms. The van der Waals surface area contributed by atoms with Gasteiger partial charge in [-0.1, -0.05) is 19.4 Å². The molecule has 1 N–H and O–H groups in total. The van der Waals surface area contributed by atoms with Gasteiger partial charge < -0.3 is 5.11 Å². The molecule has 126 valence electrons. The van der Waals surface area contributed by atoms with Crippen molar-refractivity contribution in [1.29, 1.82) is 0 Å². The molecule has 0 amide bonds. The van der Waals surface area contributed by atoms with Gasteiger partial charge in [-0.2, -0.15) is 0 Å². The highest BCUT2D eigenvalue weighted by molar-refractivity contribution is 5.94. The van der Waals surface area contributed by atoms with Gasteiger partial charge in [0.1, 0.15) is 5.78 Å². The van der Waals surface area contributed by atoms with E-state index in [-0.39, 0.29) is 22.5 Å². The first-order valence-electron chi connectivity index (χ1n) is 9.20. The van der Waals surface area contributed by atoms with Gasteiger partial charge in [-0.15, -0.1) is 0 Å². The molecule has 4 aliphatic carbocycles. The van der Waals surface area contributed by atoms with E-state index in [1.165, 1.54) is 5.57 Å². The largest absolute Gasteiger partial charge is 0.392 e. The molecule has 0 aromatic rings. The van der Waals surface area contributed by atoms with Crippen LogP contribution in [0.2, 0.25) is 0 Å². The molecule has 0 bridgehead atoms. The van der Waals surface area contributed by atoms with Crippen molar-refractivity contribution in [3.63, 3.8) is 0 Å². The third-order valence-corrected chi connectivity index (χ3v) is 8.08. The smallest absolute Gasteiger partial charge is 0.156 e. The van der Waals surface area contributed by atoms with Crippen molar-refractivity contribution < 1.29 is 14.7 Å². The molecular weight excluding hydrogens is 288 g/mol. The number of hydrogen-bond acceptors (Lipinski definition) is 3. The van der Waals surface area contributed by atoms with Crippen LogP contribution < -0.4 is 0 Å². The number of Topliss-reactive ketones (excluding diaryl/α,β-unsaturated/α-hetero) is 1. The minimum Gasteiger partial charge on any atom is -0.392 e. The number of fused-ring (bicyclic) bond motifs is 5. The zero-order valence-electron chi connectivity index (χ0n) is 14.5. The van der Waals surface area contributed by atoms with Gasteiger partial charge in [-0.05, 0) is 73.7 Å². The lowest BCUT2D eigenvalue weighted by Crippen LogP contribution is -2.49. The van der Waals surface area contributed by atoms with Gasteiger partial charge in [-0.3, -0.25) is 9.59 Å². The molecule has 0 aromatic carbocycles. The van der Waals surface area contributed by atoms with Crippen molar-refractivity contribution in [2.45, 2.75) is 65.4 Å². The van der Waals surface area contributed by atoms with Crippen LogP contribution in [0.15, 0.2) is 11.6 Å². The Kier molecular flexibility index (Phi) is 3.23. The molecular formula is C20H28O3. The predicted molar refractivity (Wildman–Crippen MR) is 87.7 cm³/mol. The molecule has 7 unspecified atom stereocenters. The quantitative estimate of drug-likeness (QED) is 0.807. The Hall–Kier alpha value is -0.960. The van der Waals surface area contributed by atoms with Gasteiger partial charge in [-0.25, -0.2) is 0 Å². The summed E-state index contributed by atoms with van der Waals surface area (Å²) in [4.78, 5) is 24.2. The van der Waals surface area contributed by atoms with E-state index in [0.29, 0.717) is 30.0 Å². The van der Waals surface area contributed by atoms with E-state index >= 15 is 0 Å². The van der Waals surface area contributed by atoms with E-state index in [1.807, 2.05) is 6.08 Å². The summed E-state index contributed by atoms with van der Waals surface area (Å²) >= 11 is 0. The summed E-state index contributed by atoms with van der Waals surface area (Å²) in [5, 5.41) is 10.6. The van der Waals surface area contributed by atoms with Crippen LogP contribution in [0.4, 0.5) is 0 Å². The number of carbonyl (C=O) groups excluding carboxylic acids is 2. The Bertz CT molecular complexity index is 606. The second kappa shape index (κ2) is 4.78. The molecule has 3 heteroatoms. The van der Waals surface area contributed by atoms with Crippen LogP contribution in [-0.4, -0.2) is 22.8 Å². The van der Waals surface area contributed by atoms with Gasteiger partial charge in [0.05, 0.1) is 6.10 Å². The molecule has 0 radical (unpaired) electrons. The molecule has 0 saturated heterocycles. The van der Waals surface area contributed by atoms with Crippen LogP contribution in [-0.2, 0) is 9.59 Å². The SMILES string of the molecule is CC(=O)C1C(O)CC2C3CCC4=CC(=O)CC4(C)C3CCC21C. The van der Waals surface area contributed by atoms with Crippen molar-refractivity contribution in [1.82, 2.24) is 0 Å². The van der Waals surface area contributed by atoms with Crippen LogP contribution >= 0.6 is 0 Å². The second-order valence-corrected chi connectivity index (χ2v) is 9.08. The Labute approximate surface area is 138 Å². The molecule has 7 atom stereocenters. The third-order valence-electron chi connectivity index (χ3n) is 8.08. The normalized spacial score (nSPS) is 51.7. The summed E-state index contributed by atoms with van der Waals surface area (Å²) in [7, 11) is 0. The maximum Gasteiger partial charge on any atom is 0.156 e. The highest BCUT2D eigenvalue weighted by atomic mass is 16.3. The molecule has 3 saturated carbocycles. The van der Waals surface area contributed by atoms with E-state index in [0.717, 1.165) is 32.1 Å². The first-order chi connectivity index (χ1) is 10.8. The van der Waals surface area contributed by atoms with Crippen molar-refractivity contribution >= 4 is 11.6 Å². The fraction of sp³-hybridized carbons (Fsp3) is 0.800. The van der Waals surface area contributed by atoms with Crippen LogP contribution in [0.3, 0.4) is 0 Å². The van der Waals surface area contributed by atoms with E-state index in [9.17, 15) is 14.7 Å². The zero-order valence-corrected chi connectivity index (χ0v) is 14.5. The fourth-order valence-corrected chi connectivity index (χ4v) is 7.16. The van der Waals surface area contributed by atoms with Gasteiger partial charge >= 0.3 is 0 Å². The summed E-state index contributed by atoms with van der Waals surface area (Å²) in [6.07, 6.45) is 7.12. The van der Waals surface area contributed by atoms with Crippen molar-refractivity contribution in [2.24, 2.45) is 34.5 Å². The second-order valence-electron chi connectivity index (χ2n) is 9.08. The first kappa shape index (κ1) is 15.6. The minimum atomic E-state index is -0.476. The summed E-state index contributed by atoms with van der Waals surface area (Å²) in [6, 6.07) is 0. The lowest BCUT2D eigenvalue weighted by molar-refractivity contribution is -0.130. The molecule has 4 rings (SSSR count). The van der Waals surface area contributed by atoms with E-state index < -0.39 is 6.10 Å². The average Bonchev–Trinajstić information content (AvgIpc) is 2.89. The number of rotatable bonds is 1. The molecule has 3 nitrogen and oxygen atoms in total. The lowest BCUT2D eigenvalue weighted by atomic mass is 9.48. The monoisotopic (exact) mass is 316 g/mol. The summed E-state index contributed by atoms with van der Waals surface area (Å²) in [5.74, 6) is 1.79. The fourth-order valence-electron chi connectivity index (χ4n) is 7.16. The highest BCUT2D eigenvalue weighted by Crippen LogP contribution is 2.66. The number of aliphatic hydroxyl groups excluding tert-OH is 1. The number of allylic oxidation sites excluding steroid dienone is 2. The van der Waals surface area contributed by atoms with Gasteiger partial charge in [0.15, 0.2) is 5.78 Å². The lowest BCUT2D eigenvalue weighted by Gasteiger charge is -2.56. The Morgan fingerprint density at radius 3 is 2.70 bits per heavy atom. The summed E-state index contributed by atoms with van der Waals surface area (Å²) in [5.41, 5.74) is 1.36. The molecule has 4 aliphatic rings. The van der Waals surface area contributed by atoms with Crippen molar-refractivity contribution in [3.8, 4) is 0 Å². The molecule has 0 heterocycles. The van der Waals surface area contributed by atoms with Crippen LogP contribution in [0, 0.1) is 34.5 Å².